The second kappa shape index (κ2) is 10.9. The van der Waals surface area contributed by atoms with E-state index >= 15 is 0 Å². The van der Waals surface area contributed by atoms with E-state index in [1.807, 2.05) is 108 Å². The van der Waals surface area contributed by atoms with E-state index in [9.17, 15) is 4.79 Å². The molecule has 0 bridgehead atoms. The van der Waals surface area contributed by atoms with Crippen LogP contribution in [0.15, 0.2) is 151 Å². The number of ether oxygens (including phenoxy) is 1. The molecule has 0 fully saturated rings. The third-order valence-corrected chi connectivity index (χ3v) is 7.17. The maximum atomic E-state index is 13.6. The summed E-state index contributed by atoms with van der Waals surface area (Å²) >= 11 is 0. The molecule has 41 heavy (non-hydrogen) atoms. The number of carbonyl (C=O) groups excluding carboxylic acids is 1. The third-order valence-electron chi connectivity index (χ3n) is 7.17. The summed E-state index contributed by atoms with van der Waals surface area (Å²) in [5.74, 6) is -0.0515. The minimum atomic E-state index is -1.36. The van der Waals surface area contributed by atoms with Gasteiger partial charge in [-0.15, -0.1) is 0 Å². The van der Waals surface area contributed by atoms with Crippen LogP contribution in [0.1, 0.15) is 30.5 Å². The predicted molar refractivity (Wildman–Crippen MR) is 162 cm³/mol. The van der Waals surface area contributed by atoms with E-state index in [1.54, 1.807) is 26.0 Å². The van der Waals surface area contributed by atoms with E-state index in [2.05, 4.69) is 30.3 Å². The highest BCUT2D eigenvalue weighted by atomic mass is 16.7. The van der Waals surface area contributed by atoms with Gasteiger partial charge < -0.3 is 4.74 Å². The van der Waals surface area contributed by atoms with Crippen LogP contribution < -0.4 is 9.80 Å². The number of carbonyl (C=O) groups is 1. The number of nitrogens with zero attached hydrogens (tertiary/aromatic N) is 2. The lowest BCUT2D eigenvalue weighted by Gasteiger charge is -2.43. The van der Waals surface area contributed by atoms with Crippen LogP contribution in [0, 0.1) is 0 Å². The molecular weight excluding hydrogens is 508 g/mol. The number of fused-ring (bicyclic) bond motifs is 1. The minimum Gasteiger partial charge on any atom is -0.424 e. The van der Waals surface area contributed by atoms with Crippen LogP contribution in [0.4, 0.5) is 11.4 Å². The second-order valence-corrected chi connectivity index (χ2v) is 10.4. The zero-order chi connectivity index (χ0) is 28.3. The maximum Gasteiger partial charge on any atom is 0.345 e. The SMILES string of the molecule is CC(C)(ON1c2ccccc2/C(=N\c2ccccc2)C1(c1ccccc1)c1ccccc1)C(=O)Oc1ccccc1. The van der Waals surface area contributed by atoms with Crippen molar-refractivity contribution in [1.29, 1.82) is 0 Å². The number of rotatable bonds is 7. The molecule has 0 radical (unpaired) electrons. The Kier molecular flexibility index (Phi) is 6.96. The van der Waals surface area contributed by atoms with Crippen molar-refractivity contribution in [2.75, 3.05) is 5.06 Å². The van der Waals surface area contributed by atoms with Crippen LogP contribution in [0.3, 0.4) is 0 Å². The fourth-order valence-electron chi connectivity index (χ4n) is 5.23. The van der Waals surface area contributed by atoms with Gasteiger partial charge in [-0.25, -0.2) is 14.9 Å². The number of hydrogen-bond acceptors (Lipinski definition) is 5. The molecule has 0 saturated carbocycles. The summed E-state index contributed by atoms with van der Waals surface area (Å²) in [7, 11) is 0. The van der Waals surface area contributed by atoms with Gasteiger partial charge in [-0.1, -0.05) is 115 Å². The summed E-state index contributed by atoms with van der Waals surface area (Å²) in [6, 6.07) is 47.3. The standard InChI is InChI=1S/C36H30N2O3/c1-35(2,34(39)40-30-23-13-6-14-24-30)41-38-32-26-16-15-25-31(32)33(37-29-21-11-5-12-22-29)36(38,27-17-7-3-8-18-27)28-19-9-4-10-20-28/h3-26H,1-2H3/b37-33+. The Morgan fingerprint density at radius 2 is 1.15 bits per heavy atom. The molecule has 202 valence electrons. The van der Waals surface area contributed by atoms with Gasteiger partial charge >= 0.3 is 5.97 Å². The Bertz CT molecular complexity index is 1630. The first-order valence-corrected chi connectivity index (χ1v) is 13.6. The van der Waals surface area contributed by atoms with Crippen LogP contribution in [0.2, 0.25) is 0 Å². The fourth-order valence-corrected chi connectivity index (χ4v) is 5.23. The number of hydrogen-bond donors (Lipinski definition) is 0. The highest BCUT2D eigenvalue weighted by molar-refractivity contribution is 6.19. The van der Waals surface area contributed by atoms with E-state index in [-0.39, 0.29) is 0 Å². The summed E-state index contributed by atoms with van der Waals surface area (Å²) in [4.78, 5) is 25.7. The van der Waals surface area contributed by atoms with Crippen molar-refractivity contribution in [3.63, 3.8) is 0 Å². The molecule has 0 aliphatic carbocycles. The largest absolute Gasteiger partial charge is 0.424 e. The fraction of sp³-hybridized carbons (Fsp3) is 0.111. The zero-order valence-electron chi connectivity index (χ0n) is 23.0. The van der Waals surface area contributed by atoms with E-state index in [0.29, 0.717) is 5.75 Å². The molecular formula is C36H30N2O3. The van der Waals surface area contributed by atoms with E-state index in [1.165, 1.54) is 0 Å². The molecule has 1 aliphatic rings. The molecule has 1 heterocycles. The first kappa shape index (κ1) is 26.2. The molecule has 0 aromatic heterocycles. The topological polar surface area (TPSA) is 51.1 Å². The third kappa shape index (κ3) is 4.81. The highest BCUT2D eigenvalue weighted by Gasteiger charge is 2.55. The number of hydroxylamine groups is 1. The lowest BCUT2D eigenvalue weighted by atomic mass is 9.78. The summed E-state index contributed by atoms with van der Waals surface area (Å²) in [6.07, 6.45) is 0. The van der Waals surface area contributed by atoms with Crippen molar-refractivity contribution < 1.29 is 14.4 Å². The van der Waals surface area contributed by atoms with Gasteiger partial charge in [0, 0.05) is 5.56 Å². The Morgan fingerprint density at radius 1 is 0.659 bits per heavy atom. The van der Waals surface area contributed by atoms with Crippen LogP contribution in [0.25, 0.3) is 0 Å². The van der Waals surface area contributed by atoms with Gasteiger partial charge in [0.25, 0.3) is 0 Å². The van der Waals surface area contributed by atoms with Gasteiger partial charge in [-0.05, 0) is 55.3 Å². The first-order valence-electron chi connectivity index (χ1n) is 13.6. The average Bonchev–Trinajstić information content (AvgIpc) is 3.28. The van der Waals surface area contributed by atoms with Gasteiger partial charge in [0.05, 0.1) is 17.1 Å². The molecule has 5 nitrogen and oxygen atoms in total. The molecule has 0 atom stereocenters. The lowest BCUT2D eigenvalue weighted by Crippen LogP contribution is -2.54. The van der Waals surface area contributed by atoms with Crippen molar-refractivity contribution >= 4 is 23.1 Å². The van der Waals surface area contributed by atoms with Gasteiger partial charge in [-0.2, -0.15) is 0 Å². The predicted octanol–water partition coefficient (Wildman–Crippen LogP) is 7.89. The summed E-state index contributed by atoms with van der Waals surface area (Å²) in [6.45, 7) is 3.46. The lowest BCUT2D eigenvalue weighted by molar-refractivity contribution is -0.161. The van der Waals surface area contributed by atoms with Crippen LogP contribution >= 0.6 is 0 Å². The van der Waals surface area contributed by atoms with Crippen LogP contribution in [-0.2, 0) is 15.2 Å². The highest BCUT2D eigenvalue weighted by Crippen LogP contribution is 2.51. The molecule has 0 amide bonds. The number of aliphatic imine (C=N–C) groups is 1. The number of para-hydroxylation sites is 3. The Morgan fingerprint density at radius 3 is 1.73 bits per heavy atom. The molecule has 0 N–H and O–H groups in total. The van der Waals surface area contributed by atoms with Crippen molar-refractivity contribution in [1.82, 2.24) is 0 Å². The van der Waals surface area contributed by atoms with Gasteiger partial charge in [0.1, 0.15) is 5.75 Å². The van der Waals surface area contributed by atoms with E-state index in [4.69, 9.17) is 14.6 Å². The molecule has 0 saturated heterocycles. The zero-order valence-corrected chi connectivity index (χ0v) is 23.0. The van der Waals surface area contributed by atoms with Crippen molar-refractivity contribution in [3.8, 4) is 5.75 Å². The Labute approximate surface area is 240 Å². The number of esters is 1. The molecule has 0 unspecified atom stereocenters. The smallest absolute Gasteiger partial charge is 0.345 e. The average molecular weight is 539 g/mol. The molecule has 0 spiro atoms. The molecule has 6 rings (SSSR count). The normalized spacial score (nSPS) is 15.0. The quantitative estimate of drug-likeness (QED) is 0.156. The number of anilines is 1. The van der Waals surface area contributed by atoms with Gasteiger partial charge in [0.15, 0.2) is 11.1 Å². The van der Waals surface area contributed by atoms with Gasteiger partial charge in [0.2, 0.25) is 0 Å². The van der Waals surface area contributed by atoms with E-state index in [0.717, 1.165) is 33.8 Å². The Hall–Kier alpha value is -5.00. The summed E-state index contributed by atoms with van der Waals surface area (Å²) in [5.41, 5.74) is 2.84. The monoisotopic (exact) mass is 538 g/mol. The second-order valence-electron chi connectivity index (χ2n) is 10.4. The van der Waals surface area contributed by atoms with Crippen molar-refractivity contribution in [2.24, 2.45) is 4.99 Å². The molecule has 5 aromatic rings. The number of benzene rings is 5. The molecule has 5 heteroatoms. The van der Waals surface area contributed by atoms with Crippen LogP contribution in [0.5, 0.6) is 5.75 Å². The van der Waals surface area contributed by atoms with Gasteiger partial charge in [-0.3, -0.25) is 4.84 Å². The summed E-state index contributed by atoms with van der Waals surface area (Å²) in [5, 5.41) is 1.85. The Balaban J connectivity index is 1.58. The first-order chi connectivity index (χ1) is 20.0. The summed E-state index contributed by atoms with van der Waals surface area (Å²) < 4.78 is 5.76. The maximum absolute atomic E-state index is 13.6. The molecule has 1 aliphatic heterocycles. The van der Waals surface area contributed by atoms with Crippen molar-refractivity contribution in [2.45, 2.75) is 25.0 Å². The van der Waals surface area contributed by atoms with E-state index < -0.39 is 17.1 Å². The minimum absolute atomic E-state index is 0.458. The van der Waals surface area contributed by atoms with Crippen molar-refractivity contribution in [3.05, 3.63) is 162 Å². The van der Waals surface area contributed by atoms with Crippen LogP contribution in [-0.4, -0.2) is 17.3 Å². The molecule has 5 aromatic carbocycles.